The minimum Gasteiger partial charge on any atom is -0.474 e. The zero-order valence-corrected chi connectivity index (χ0v) is 19.5. The van der Waals surface area contributed by atoms with Crippen LogP contribution >= 0.6 is 11.3 Å². The Kier molecular flexibility index (Phi) is 5.82. The lowest BCUT2D eigenvalue weighted by atomic mass is 9.82. The van der Waals surface area contributed by atoms with Gasteiger partial charge in [-0.15, -0.1) is 11.3 Å². The Morgan fingerprint density at radius 3 is 2.74 bits per heavy atom. The second-order valence-electron chi connectivity index (χ2n) is 9.90. The molecular formula is C23H30N4O3S. The van der Waals surface area contributed by atoms with Gasteiger partial charge in [-0.25, -0.2) is 14.8 Å². The van der Waals surface area contributed by atoms with Crippen molar-refractivity contribution in [2.24, 2.45) is 0 Å². The quantitative estimate of drug-likeness (QED) is 0.695. The number of nitrogens with one attached hydrogen (secondary N) is 1. The minimum absolute atomic E-state index is 0.0398. The van der Waals surface area contributed by atoms with Gasteiger partial charge in [0.05, 0.1) is 11.5 Å². The number of amides is 1. The monoisotopic (exact) mass is 442 g/mol. The fraction of sp³-hybridized carbons (Fsp3) is 0.652. The van der Waals surface area contributed by atoms with Crippen LogP contribution in [-0.2, 0) is 11.2 Å². The Hall–Kier alpha value is -2.40. The van der Waals surface area contributed by atoms with E-state index in [1.807, 2.05) is 20.8 Å². The van der Waals surface area contributed by atoms with Crippen molar-refractivity contribution in [3.63, 3.8) is 0 Å². The third-order valence-electron chi connectivity index (χ3n) is 6.15. The van der Waals surface area contributed by atoms with Gasteiger partial charge in [0.25, 0.3) is 0 Å². The average Bonchev–Trinajstić information content (AvgIpc) is 3.22. The molecule has 0 aliphatic heterocycles. The third-order valence-corrected chi connectivity index (χ3v) is 7.32. The zero-order chi connectivity index (χ0) is 22.2. The summed E-state index contributed by atoms with van der Waals surface area (Å²) in [5.41, 5.74) is 0.415. The summed E-state index contributed by atoms with van der Waals surface area (Å²) < 4.78 is 11.8. The standard InChI is InChI=1S/C23H30N4O3S/c1-22(2,3)30-21(28)27-23(4)10-7-15(8-11-23)29-19-18-17-14(9-12-24)5-6-16(17)31-20(18)26-13-25-19/h13-15H,5-11H2,1-4H3,(H,27,28)/t14-,15?,23?/m1/s1. The van der Waals surface area contributed by atoms with Gasteiger partial charge in [-0.05, 0) is 77.7 Å². The molecule has 31 heavy (non-hydrogen) atoms. The molecule has 2 aliphatic carbocycles. The molecule has 7 nitrogen and oxygen atoms in total. The number of hydrogen-bond donors (Lipinski definition) is 1. The Labute approximate surface area is 187 Å². The van der Waals surface area contributed by atoms with E-state index >= 15 is 0 Å². The van der Waals surface area contributed by atoms with Crippen LogP contribution in [0.15, 0.2) is 6.33 Å². The summed E-state index contributed by atoms with van der Waals surface area (Å²) in [6.07, 6.45) is 7.04. The van der Waals surface area contributed by atoms with Gasteiger partial charge in [0.1, 0.15) is 22.9 Å². The summed E-state index contributed by atoms with van der Waals surface area (Å²) >= 11 is 1.70. The van der Waals surface area contributed by atoms with Crippen LogP contribution in [0.4, 0.5) is 4.79 Å². The summed E-state index contributed by atoms with van der Waals surface area (Å²) in [4.78, 5) is 23.4. The number of aryl methyl sites for hydroxylation is 1. The molecule has 0 radical (unpaired) electrons. The molecule has 2 heterocycles. The van der Waals surface area contributed by atoms with E-state index in [1.54, 1.807) is 17.7 Å². The first-order chi connectivity index (χ1) is 14.7. The Morgan fingerprint density at radius 1 is 1.32 bits per heavy atom. The van der Waals surface area contributed by atoms with Crippen LogP contribution in [0.2, 0.25) is 0 Å². The van der Waals surface area contributed by atoms with Gasteiger partial charge in [-0.2, -0.15) is 5.26 Å². The van der Waals surface area contributed by atoms with Crippen molar-refractivity contribution in [2.75, 3.05) is 0 Å². The number of carbonyl (C=O) groups excluding carboxylic acids is 1. The maximum absolute atomic E-state index is 12.2. The van der Waals surface area contributed by atoms with Gasteiger partial charge < -0.3 is 14.8 Å². The van der Waals surface area contributed by atoms with Crippen LogP contribution in [0.5, 0.6) is 5.88 Å². The van der Waals surface area contributed by atoms with Crippen molar-refractivity contribution in [3.8, 4) is 11.9 Å². The van der Waals surface area contributed by atoms with Gasteiger partial charge in [0.15, 0.2) is 0 Å². The highest BCUT2D eigenvalue weighted by molar-refractivity contribution is 7.19. The Bertz CT molecular complexity index is 1010. The fourth-order valence-electron chi connectivity index (χ4n) is 4.62. The second kappa shape index (κ2) is 8.27. The van der Waals surface area contributed by atoms with Crippen LogP contribution in [-0.4, -0.2) is 33.3 Å². The largest absolute Gasteiger partial charge is 0.474 e. The van der Waals surface area contributed by atoms with E-state index in [0.29, 0.717) is 12.3 Å². The molecule has 166 valence electrons. The molecule has 2 aromatic heterocycles. The van der Waals surface area contributed by atoms with E-state index < -0.39 is 5.60 Å². The molecule has 1 N–H and O–H groups in total. The summed E-state index contributed by atoms with van der Waals surface area (Å²) in [5, 5.41) is 13.3. The summed E-state index contributed by atoms with van der Waals surface area (Å²) in [5.74, 6) is 0.885. The highest BCUT2D eigenvalue weighted by Crippen LogP contribution is 2.47. The number of hydrogen-bond acceptors (Lipinski definition) is 7. The molecule has 0 spiro atoms. The van der Waals surface area contributed by atoms with Gasteiger partial charge in [-0.1, -0.05) is 0 Å². The number of aromatic nitrogens is 2. The number of nitrogens with zero attached hydrogens (tertiary/aromatic N) is 3. The fourth-order valence-corrected chi connectivity index (χ4v) is 5.85. The second-order valence-corrected chi connectivity index (χ2v) is 11.0. The van der Waals surface area contributed by atoms with Crippen molar-refractivity contribution in [1.82, 2.24) is 15.3 Å². The van der Waals surface area contributed by atoms with E-state index in [0.717, 1.165) is 48.7 Å². The lowest BCUT2D eigenvalue weighted by Crippen LogP contribution is -2.51. The molecule has 4 rings (SSSR count). The number of carbonyl (C=O) groups is 1. The Balaban J connectivity index is 1.45. The van der Waals surface area contributed by atoms with Gasteiger partial charge in [0.2, 0.25) is 5.88 Å². The van der Waals surface area contributed by atoms with Crippen molar-refractivity contribution < 1.29 is 14.3 Å². The number of rotatable bonds is 4. The molecule has 2 aliphatic rings. The lowest BCUT2D eigenvalue weighted by Gasteiger charge is -2.38. The smallest absolute Gasteiger partial charge is 0.408 e. The first-order valence-electron chi connectivity index (χ1n) is 11.0. The van der Waals surface area contributed by atoms with Gasteiger partial charge >= 0.3 is 6.09 Å². The predicted octanol–water partition coefficient (Wildman–Crippen LogP) is 5.24. The summed E-state index contributed by atoms with van der Waals surface area (Å²) in [7, 11) is 0. The predicted molar refractivity (Wildman–Crippen MR) is 119 cm³/mol. The first kappa shape index (κ1) is 21.8. The normalized spacial score (nSPS) is 25.6. The van der Waals surface area contributed by atoms with Crippen molar-refractivity contribution >= 4 is 27.6 Å². The maximum Gasteiger partial charge on any atom is 0.408 e. The van der Waals surface area contributed by atoms with Crippen LogP contribution in [0, 0.1) is 11.3 Å². The number of ether oxygens (including phenoxy) is 2. The zero-order valence-electron chi connectivity index (χ0n) is 18.7. The van der Waals surface area contributed by atoms with Crippen LogP contribution in [0.25, 0.3) is 10.2 Å². The molecule has 0 aromatic carbocycles. The number of fused-ring (bicyclic) bond motifs is 3. The van der Waals surface area contributed by atoms with Crippen molar-refractivity contribution in [3.05, 3.63) is 16.8 Å². The van der Waals surface area contributed by atoms with Crippen molar-refractivity contribution in [2.45, 2.75) is 95.8 Å². The average molecular weight is 443 g/mol. The molecule has 1 atom stereocenters. The number of alkyl carbamates (subject to hydrolysis) is 1. The molecule has 8 heteroatoms. The van der Waals surface area contributed by atoms with E-state index in [-0.39, 0.29) is 23.7 Å². The van der Waals surface area contributed by atoms with E-state index in [4.69, 9.17) is 9.47 Å². The minimum atomic E-state index is -0.511. The molecule has 0 unspecified atom stereocenters. The molecule has 1 saturated carbocycles. The Morgan fingerprint density at radius 2 is 2.06 bits per heavy atom. The van der Waals surface area contributed by atoms with E-state index in [9.17, 15) is 10.1 Å². The molecule has 1 fully saturated rings. The maximum atomic E-state index is 12.2. The van der Waals surface area contributed by atoms with Crippen LogP contribution < -0.4 is 10.1 Å². The highest BCUT2D eigenvalue weighted by atomic mass is 32.1. The SMILES string of the molecule is CC1(NC(=O)OC(C)(C)C)CCC(Oc2ncnc3sc4c(c23)[C@@H](CC#N)CC4)CC1. The lowest BCUT2D eigenvalue weighted by molar-refractivity contribution is 0.0386. The summed E-state index contributed by atoms with van der Waals surface area (Å²) in [6.45, 7) is 7.66. The van der Waals surface area contributed by atoms with Gasteiger partial charge in [0, 0.05) is 16.8 Å². The van der Waals surface area contributed by atoms with Crippen LogP contribution in [0.1, 0.15) is 82.6 Å². The van der Waals surface area contributed by atoms with Crippen LogP contribution in [0.3, 0.4) is 0 Å². The molecule has 2 aromatic rings. The molecular weight excluding hydrogens is 412 g/mol. The first-order valence-corrected chi connectivity index (χ1v) is 11.8. The third kappa shape index (κ3) is 4.77. The van der Waals surface area contributed by atoms with Crippen molar-refractivity contribution in [1.29, 1.82) is 5.26 Å². The number of thiophene rings is 1. The van der Waals surface area contributed by atoms with E-state index in [1.165, 1.54) is 10.4 Å². The molecule has 1 amide bonds. The topological polar surface area (TPSA) is 97.1 Å². The molecule has 0 bridgehead atoms. The summed E-state index contributed by atoms with van der Waals surface area (Å²) in [6, 6.07) is 2.32. The number of nitriles is 1. The molecule has 0 saturated heterocycles. The van der Waals surface area contributed by atoms with E-state index in [2.05, 4.69) is 28.3 Å². The highest BCUT2D eigenvalue weighted by Gasteiger charge is 2.36. The van der Waals surface area contributed by atoms with Gasteiger partial charge in [-0.3, -0.25) is 0 Å².